The summed E-state index contributed by atoms with van der Waals surface area (Å²) in [6.07, 6.45) is 1.57. The highest BCUT2D eigenvalue weighted by atomic mass is 16.6. The highest BCUT2D eigenvalue weighted by molar-refractivity contribution is 5.95. The van der Waals surface area contributed by atoms with Crippen molar-refractivity contribution in [3.63, 3.8) is 0 Å². The van der Waals surface area contributed by atoms with Gasteiger partial charge in [-0.15, -0.1) is 0 Å². The van der Waals surface area contributed by atoms with Crippen LogP contribution in [0.25, 0.3) is 0 Å². The third-order valence-corrected chi connectivity index (χ3v) is 3.46. The Balaban J connectivity index is 2.10. The van der Waals surface area contributed by atoms with Gasteiger partial charge in [0.15, 0.2) is 0 Å². The molecule has 0 aliphatic carbocycles. The van der Waals surface area contributed by atoms with E-state index in [4.69, 9.17) is 4.74 Å². The van der Waals surface area contributed by atoms with E-state index in [9.17, 15) is 9.59 Å². The lowest BCUT2D eigenvalue weighted by molar-refractivity contribution is 0.0755. The Hall–Kier alpha value is -2.04. The Morgan fingerprint density at radius 3 is 2.29 bits per heavy atom. The number of cyclic esters (lactones) is 1. The van der Waals surface area contributed by atoms with Gasteiger partial charge in [0.25, 0.3) is 5.91 Å². The Morgan fingerprint density at radius 2 is 1.81 bits per heavy atom. The molecular weight excluding hydrogens is 268 g/mol. The normalized spacial score (nSPS) is 14.2. The Morgan fingerprint density at radius 1 is 1.19 bits per heavy atom. The Bertz CT molecular complexity index is 493. The zero-order chi connectivity index (χ0) is 15.2. The van der Waals surface area contributed by atoms with Gasteiger partial charge in [-0.25, -0.2) is 4.79 Å². The maximum atomic E-state index is 12.4. The molecule has 5 heteroatoms. The van der Waals surface area contributed by atoms with Gasteiger partial charge in [0, 0.05) is 24.3 Å². The van der Waals surface area contributed by atoms with Gasteiger partial charge in [-0.05, 0) is 37.1 Å². The molecule has 1 aliphatic rings. The average molecular weight is 290 g/mol. The number of carbonyl (C=O) groups excluding carboxylic acids is 2. The molecule has 0 saturated carbocycles. The predicted molar refractivity (Wildman–Crippen MR) is 81.6 cm³/mol. The quantitative estimate of drug-likeness (QED) is 0.809. The first kappa shape index (κ1) is 15.4. The third-order valence-electron chi connectivity index (χ3n) is 3.46. The van der Waals surface area contributed by atoms with Crippen molar-refractivity contribution in [1.29, 1.82) is 0 Å². The van der Waals surface area contributed by atoms with Crippen molar-refractivity contribution >= 4 is 17.7 Å². The van der Waals surface area contributed by atoms with Gasteiger partial charge in [0.1, 0.15) is 6.61 Å². The summed E-state index contributed by atoms with van der Waals surface area (Å²) < 4.78 is 4.91. The SMILES string of the molecule is CCCN(CCC)C(=O)c1ccc(N2CCOC2=O)cc1. The van der Waals surface area contributed by atoms with Crippen molar-refractivity contribution in [2.75, 3.05) is 31.1 Å². The molecule has 1 aromatic carbocycles. The number of hydrogen-bond donors (Lipinski definition) is 0. The second-order valence-corrected chi connectivity index (χ2v) is 5.11. The van der Waals surface area contributed by atoms with E-state index in [0.717, 1.165) is 31.6 Å². The molecule has 21 heavy (non-hydrogen) atoms. The van der Waals surface area contributed by atoms with E-state index >= 15 is 0 Å². The molecule has 0 spiro atoms. The van der Waals surface area contributed by atoms with Gasteiger partial charge in [0.05, 0.1) is 6.54 Å². The minimum absolute atomic E-state index is 0.0502. The number of carbonyl (C=O) groups is 2. The summed E-state index contributed by atoms with van der Waals surface area (Å²) in [6.45, 7) is 6.65. The summed E-state index contributed by atoms with van der Waals surface area (Å²) in [5.74, 6) is 0.0502. The van der Waals surface area contributed by atoms with Crippen LogP contribution in [0.3, 0.4) is 0 Å². The van der Waals surface area contributed by atoms with Crippen molar-refractivity contribution in [2.45, 2.75) is 26.7 Å². The monoisotopic (exact) mass is 290 g/mol. The van der Waals surface area contributed by atoms with E-state index in [0.29, 0.717) is 18.7 Å². The lowest BCUT2D eigenvalue weighted by Gasteiger charge is -2.22. The molecule has 5 nitrogen and oxygen atoms in total. The van der Waals surface area contributed by atoms with Crippen molar-refractivity contribution in [3.8, 4) is 0 Å². The number of anilines is 1. The van der Waals surface area contributed by atoms with Gasteiger partial charge in [-0.2, -0.15) is 0 Å². The van der Waals surface area contributed by atoms with Crippen molar-refractivity contribution < 1.29 is 14.3 Å². The lowest BCUT2D eigenvalue weighted by atomic mass is 10.1. The number of hydrogen-bond acceptors (Lipinski definition) is 3. The fourth-order valence-corrected chi connectivity index (χ4v) is 2.45. The summed E-state index contributed by atoms with van der Waals surface area (Å²) in [6, 6.07) is 7.16. The number of amides is 2. The molecule has 0 bridgehead atoms. The lowest BCUT2D eigenvalue weighted by Crippen LogP contribution is -2.32. The summed E-state index contributed by atoms with van der Waals surface area (Å²) in [5, 5.41) is 0. The summed E-state index contributed by atoms with van der Waals surface area (Å²) in [5.41, 5.74) is 1.43. The molecule has 1 saturated heterocycles. The standard InChI is InChI=1S/C16H22N2O3/c1-3-9-17(10-4-2)15(19)13-5-7-14(8-6-13)18-11-12-21-16(18)20/h5-8H,3-4,9-12H2,1-2H3. The van der Waals surface area contributed by atoms with E-state index in [1.165, 1.54) is 0 Å². The topological polar surface area (TPSA) is 49.9 Å². The molecule has 2 rings (SSSR count). The highest BCUT2D eigenvalue weighted by Gasteiger charge is 2.23. The third kappa shape index (κ3) is 3.54. The van der Waals surface area contributed by atoms with E-state index in [1.54, 1.807) is 29.2 Å². The van der Waals surface area contributed by atoms with Crippen LogP contribution in [-0.2, 0) is 4.74 Å². The van der Waals surface area contributed by atoms with E-state index in [1.807, 2.05) is 4.90 Å². The molecule has 2 amide bonds. The minimum atomic E-state index is -0.326. The maximum Gasteiger partial charge on any atom is 0.414 e. The Labute approximate surface area is 125 Å². The number of benzene rings is 1. The molecule has 1 aromatic rings. The van der Waals surface area contributed by atoms with E-state index in [-0.39, 0.29) is 12.0 Å². The van der Waals surface area contributed by atoms with Crippen molar-refractivity contribution in [2.24, 2.45) is 0 Å². The van der Waals surface area contributed by atoms with Crippen LogP contribution in [0, 0.1) is 0 Å². The van der Waals surface area contributed by atoms with Crippen LogP contribution in [0.4, 0.5) is 10.5 Å². The van der Waals surface area contributed by atoms with Crippen LogP contribution >= 0.6 is 0 Å². The first-order valence-corrected chi connectivity index (χ1v) is 7.51. The number of rotatable bonds is 6. The minimum Gasteiger partial charge on any atom is -0.447 e. The van der Waals surface area contributed by atoms with Crippen molar-refractivity contribution in [1.82, 2.24) is 4.90 Å². The summed E-state index contributed by atoms with van der Waals surface area (Å²) in [4.78, 5) is 27.4. The molecule has 0 atom stereocenters. The largest absolute Gasteiger partial charge is 0.447 e. The van der Waals surface area contributed by atoms with Gasteiger partial charge in [-0.1, -0.05) is 13.8 Å². The van der Waals surface area contributed by atoms with Crippen LogP contribution < -0.4 is 4.90 Å². The number of nitrogens with zero attached hydrogens (tertiary/aromatic N) is 2. The molecule has 1 heterocycles. The molecule has 1 aliphatic heterocycles. The first-order valence-electron chi connectivity index (χ1n) is 7.51. The van der Waals surface area contributed by atoms with E-state index in [2.05, 4.69) is 13.8 Å². The molecular formula is C16H22N2O3. The smallest absolute Gasteiger partial charge is 0.414 e. The number of ether oxygens (including phenoxy) is 1. The maximum absolute atomic E-state index is 12.4. The van der Waals surface area contributed by atoms with E-state index < -0.39 is 0 Å². The van der Waals surface area contributed by atoms with Crippen LogP contribution in [0.5, 0.6) is 0 Å². The molecule has 0 N–H and O–H groups in total. The van der Waals surface area contributed by atoms with Gasteiger partial charge < -0.3 is 9.64 Å². The molecule has 1 fully saturated rings. The molecule has 0 radical (unpaired) electrons. The zero-order valence-electron chi connectivity index (χ0n) is 12.7. The van der Waals surface area contributed by atoms with Crippen LogP contribution in [0.1, 0.15) is 37.0 Å². The summed E-state index contributed by atoms with van der Waals surface area (Å²) >= 11 is 0. The average Bonchev–Trinajstić information content (AvgIpc) is 2.93. The van der Waals surface area contributed by atoms with Crippen LogP contribution in [0.2, 0.25) is 0 Å². The highest BCUT2D eigenvalue weighted by Crippen LogP contribution is 2.20. The van der Waals surface area contributed by atoms with Crippen LogP contribution in [-0.4, -0.2) is 43.1 Å². The van der Waals surface area contributed by atoms with Crippen LogP contribution in [0.15, 0.2) is 24.3 Å². The molecule has 114 valence electrons. The zero-order valence-corrected chi connectivity index (χ0v) is 12.7. The fourth-order valence-electron chi connectivity index (χ4n) is 2.45. The second kappa shape index (κ2) is 7.11. The molecule has 0 unspecified atom stereocenters. The Kier molecular flexibility index (Phi) is 5.20. The fraction of sp³-hybridized carbons (Fsp3) is 0.500. The predicted octanol–water partition coefficient (Wildman–Crippen LogP) is 2.91. The van der Waals surface area contributed by atoms with Crippen molar-refractivity contribution in [3.05, 3.63) is 29.8 Å². The van der Waals surface area contributed by atoms with Gasteiger partial charge in [0.2, 0.25) is 0 Å². The molecule has 0 aromatic heterocycles. The van der Waals surface area contributed by atoms with Gasteiger partial charge in [-0.3, -0.25) is 9.69 Å². The first-order chi connectivity index (χ1) is 10.2. The summed E-state index contributed by atoms with van der Waals surface area (Å²) in [7, 11) is 0. The van der Waals surface area contributed by atoms with Gasteiger partial charge >= 0.3 is 6.09 Å². The second-order valence-electron chi connectivity index (χ2n) is 5.11.